The lowest BCUT2D eigenvalue weighted by molar-refractivity contribution is 0.0572. The summed E-state index contributed by atoms with van der Waals surface area (Å²) in [5.41, 5.74) is 3.97. The van der Waals surface area contributed by atoms with E-state index < -0.39 is 30.2 Å². The number of fused-ring (bicyclic) bond motifs is 4. The Morgan fingerprint density at radius 2 is 1.37 bits per heavy atom. The van der Waals surface area contributed by atoms with Crippen molar-refractivity contribution in [2.24, 2.45) is 4.99 Å². The topological polar surface area (TPSA) is 177 Å². The van der Waals surface area contributed by atoms with Gasteiger partial charge in [-0.1, -0.05) is 11.1 Å². The first kappa shape index (κ1) is 36.0. The van der Waals surface area contributed by atoms with Gasteiger partial charge in [-0.05, 0) is 68.1 Å². The van der Waals surface area contributed by atoms with E-state index in [-0.39, 0.29) is 53.5 Å². The number of carboxylic acid groups (broad SMARTS) is 1. The molecule has 0 bridgehead atoms. The molecule has 0 fully saturated rings. The predicted molar refractivity (Wildman–Crippen MR) is 194 cm³/mol. The molecule has 280 valence electrons. The fourth-order valence-electron chi connectivity index (χ4n) is 7.17. The second-order valence-electron chi connectivity index (χ2n) is 13.4. The average molecular weight is 739 g/mol. The Kier molecular flexibility index (Phi) is 9.49. The van der Waals surface area contributed by atoms with Crippen molar-refractivity contribution in [2.45, 2.75) is 58.2 Å². The lowest BCUT2D eigenvalue weighted by atomic mass is 10.1. The van der Waals surface area contributed by atoms with Gasteiger partial charge in [0.1, 0.15) is 13.2 Å². The van der Waals surface area contributed by atoms with Crippen LogP contribution in [0.2, 0.25) is 0 Å². The summed E-state index contributed by atoms with van der Waals surface area (Å²) in [7, 11) is 4.12. The molecule has 0 spiro atoms. The lowest BCUT2D eigenvalue weighted by Gasteiger charge is -2.30. The maximum Gasteiger partial charge on any atom is 0.414 e. The van der Waals surface area contributed by atoms with Crippen molar-refractivity contribution in [1.29, 1.82) is 0 Å². The number of aliphatic imine (C=N–C) groups is 1. The number of anilines is 1. The zero-order valence-corrected chi connectivity index (χ0v) is 30.2. The van der Waals surface area contributed by atoms with Gasteiger partial charge in [-0.25, -0.2) is 14.5 Å². The number of esters is 1. The summed E-state index contributed by atoms with van der Waals surface area (Å²) in [5.74, 6) is -0.394. The summed E-state index contributed by atoms with van der Waals surface area (Å²) in [6, 6.07) is 9.94. The van der Waals surface area contributed by atoms with E-state index >= 15 is 0 Å². The van der Waals surface area contributed by atoms with Gasteiger partial charge in [0, 0.05) is 30.7 Å². The Hall–Kier alpha value is -6.35. The van der Waals surface area contributed by atoms with Crippen molar-refractivity contribution < 1.29 is 53.1 Å². The molecular weight excluding hydrogens is 700 g/mol. The molecule has 2 N–H and O–H groups in total. The highest BCUT2D eigenvalue weighted by molar-refractivity contribution is 6.06. The van der Waals surface area contributed by atoms with Crippen LogP contribution in [0.1, 0.15) is 68.9 Å². The first-order chi connectivity index (χ1) is 25.9. The third kappa shape index (κ3) is 6.46. The molecule has 7 rings (SSSR count). The molecule has 15 nitrogen and oxygen atoms in total. The average Bonchev–Trinajstić information content (AvgIpc) is 3.70. The van der Waals surface area contributed by atoms with Crippen LogP contribution in [0.15, 0.2) is 71.0 Å². The number of methoxy groups -OCH3 is 3. The first-order valence-electron chi connectivity index (χ1n) is 17.1. The molecule has 4 aliphatic heterocycles. The number of benzene rings is 3. The molecule has 54 heavy (non-hydrogen) atoms. The minimum Gasteiger partial charge on any atom is -0.493 e. The molecule has 3 atom stereocenters. The molecule has 15 heteroatoms. The van der Waals surface area contributed by atoms with Gasteiger partial charge in [0.15, 0.2) is 29.2 Å². The normalized spacial score (nSPS) is 19.8. The highest BCUT2D eigenvalue weighted by Gasteiger charge is 2.44. The second kappa shape index (κ2) is 14.2. The van der Waals surface area contributed by atoms with E-state index in [1.54, 1.807) is 54.6 Å². The van der Waals surface area contributed by atoms with E-state index in [9.17, 15) is 29.4 Å². The largest absolute Gasteiger partial charge is 0.493 e. The lowest BCUT2D eigenvalue weighted by Crippen LogP contribution is -2.50. The number of nitrogens with zero attached hydrogens (tertiary/aromatic N) is 4. The minimum atomic E-state index is -1.55. The SMILES string of the molecule is COC(=O)c1cc(COc2cc3c(cc2OC)C(=O)N2C=C(C)C[C@H]2C=N3)cc(COc2cc3c(cc2OC)C(=O)N2C=C(C)C[C@H]2[C@H](O)N3C(=O)O)c1. The highest BCUT2D eigenvalue weighted by Crippen LogP contribution is 2.42. The quantitative estimate of drug-likeness (QED) is 0.268. The molecule has 0 aliphatic carbocycles. The molecule has 0 saturated heterocycles. The van der Waals surface area contributed by atoms with Crippen LogP contribution in [0.5, 0.6) is 23.0 Å². The molecular formula is C39H38N4O11. The molecule has 4 heterocycles. The van der Waals surface area contributed by atoms with E-state index in [1.807, 2.05) is 13.1 Å². The van der Waals surface area contributed by atoms with Gasteiger partial charge in [-0.15, -0.1) is 0 Å². The molecule has 0 saturated carbocycles. The number of hydrogen-bond acceptors (Lipinski definition) is 11. The Balaban J connectivity index is 1.16. The summed E-state index contributed by atoms with van der Waals surface area (Å²) in [6.45, 7) is 3.62. The number of hydrogen-bond donors (Lipinski definition) is 2. The number of aliphatic hydroxyl groups excluding tert-OH is 1. The summed E-state index contributed by atoms with van der Waals surface area (Å²) < 4.78 is 28.5. The minimum absolute atomic E-state index is 0.0109. The van der Waals surface area contributed by atoms with Crippen molar-refractivity contribution in [3.05, 3.63) is 93.8 Å². The van der Waals surface area contributed by atoms with E-state index in [0.717, 1.165) is 16.0 Å². The van der Waals surface area contributed by atoms with Crippen LogP contribution in [0.25, 0.3) is 0 Å². The number of carbonyl (C=O) groups excluding carboxylic acids is 3. The van der Waals surface area contributed by atoms with Crippen LogP contribution in [-0.4, -0.2) is 89.7 Å². The van der Waals surface area contributed by atoms with Gasteiger partial charge in [0.05, 0.1) is 61.5 Å². The number of aliphatic hydroxyl groups is 1. The maximum absolute atomic E-state index is 13.6. The van der Waals surface area contributed by atoms with Crippen molar-refractivity contribution in [2.75, 3.05) is 26.2 Å². The predicted octanol–water partition coefficient (Wildman–Crippen LogP) is 5.42. The highest BCUT2D eigenvalue weighted by atomic mass is 16.5. The Morgan fingerprint density at radius 1 is 0.778 bits per heavy atom. The Morgan fingerprint density at radius 3 is 2.00 bits per heavy atom. The van der Waals surface area contributed by atoms with E-state index in [2.05, 4.69) is 4.99 Å². The fourth-order valence-corrected chi connectivity index (χ4v) is 7.17. The zero-order valence-electron chi connectivity index (χ0n) is 30.2. The van der Waals surface area contributed by atoms with Gasteiger partial charge in [0.25, 0.3) is 11.8 Å². The number of rotatable bonds is 9. The van der Waals surface area contributed by atoms with Crippen molar-refractivity contribution in [3.63, 3.8) is 0 Å². The molecule has 0 unspecified atom stereocenters. The summed E-state index contributed by atoms with van der Waals surface area (Å²) >= 11 is 0. The molecule has 0 aromatic heterocycles. The van der Waals surface area contributed by atoms with Gasteiger partial charge >= 0.3 is 12.1 Å². The summed E-state index contributed by atoms with van der Waals surface area (Å²) in [4.78, 5) is 60.6. The molecule has 0 radical (unpaired) electrons. The number of ether oxygens (including phenoxy) is 5. The maximum atomic E-state index is 13.6. The standard InChI is InChI=1S/C39H38N4O11/c1-20-6-25-15-40-28-13-33(31(50-3)11-26(28)35(44)41(25)16-20)53-18-22-8-23(10-24(9-22)38(47)52-5)19-54-34-14-29-27(12-32(34)51-4)36(45)42-17-21(2)7-30(42)37(46)43(29)39(48)49/h8-17,25,30,37,46H,6-7,18-19H2,1-5H3,(H,48,49)/t25-,30-,37-/m0/s1. The summed E-state index contributed by atoms with van der Waals surface area (Å²) in [6.07, 6.45) is 3.19. The number of amides is 3. The van der Waals surface area contributed by atoms with Crippen LogP contribution < -0.4 is 23.8 Å². The van der Waals surface area contributed by atoms with Crippen LogP contribution in [0, 0.1) is 0 Å². The van der Waals surface area contributed by atoms with Gasteiger partial charge < -0.3 is 43.7 Å². The van der Waals surface area contributed by atoms with Crippen LogP contribution in [-0.2, 0) is 18.0 Å². The van der Waals surface area contributed by atoms with Gasteiger partial charge in [-0.2, -0.15) is 0 Å². The van der Waals surface area contributed by atoms with Crippen molar-refractivity contribution >= 4 is 41.5 Å². The van der Waals surface area contributed by atoms with Crippen molar-refractivity contribution in [3.8, 4) is 23.0 Å². The van der Waals surface area contributed by atoms with E-state index in [4.69, 9.17) is 23.7 Å². The molecule has 3 aromatic carbocycles. The Bertz CT molecular complexity index is 2180. The second-order valence-corrected chi connectivity index (χ2v) is 13.4. The van der Waals surface area contributed by atoms with Crippen LogP contribution >= 0.6 is 0 Å². The van der Waals surface area contributed by atoms with Crippen LogP contribution in [0.3, 0.4) is 0 Å². The van der Waals surface area contributed by atoms with E-state index in [1.165, 1.54) is 38.4 Å². The monoisotopic (exact) mass is 738 g/mol. The fraction of sp³-hybridized carbons (Fsp3) is 0.308. The van der Waals surface area contributed by atoms with Crippen LogP contribution in [0.4, 0.5) is 16.2 Å². The van der Waals surface area contributed by atoms with Gasteiger partial charge in [0.2, 0.25) is 0 Å². The first-order valence-corrected chi connectivity index (χ1v) is 17.1. The molecule has 3 aromatic rings. The Labute approximate surface area is 310 Å². The zero-order chi connectivity index (χ0) is 38.4. The molecule has 4 aliphatic rings. The number of carbonyl (C=O) groups is 4. The van der Waals surface area contributed by atoms with E-state index in [0.29, 0.717) is 46.7 Å². The summed E-state index contributed by atoms with van der Waals surface area (Å²) in [5, 5.41) is 21.3. The van der Waals surface area contributed by atoms with Crippen molar-refractivity contribution in [1.82, 2.24) is 9.80 Å². The smallest absolute Gasteiger partial charge is 0.414 e. The molecule has 3 amide bonds. The van der Waals surface area contributed by atoms with Gasteiger partial charge in [-0.3, -0.25) is 14.6 Å². The third-order valence-corrected chi connectivity index (χ3v) is 9.71. The third-order valence-electron chi connectivity index (χ3n) is 9.71.